The molecule has 0 aliphatic heterocycles. The van der Waals surface area contributed by atoms with Gasteiger partial charge in [-0.1, -0.05) is 6.92 Å². The molecule has 0 radical (unpaired) electrons. The highest BCUT2D eigenvalue weighted by molar-refractivity contribution is 4.83. The molecule has 0 saturated heterocycles. The van der Waals surface area contributed by atoms with E-state index < -0.39 is 0 Å². The van der Waals surface area contributed by atoms with Gasteiger partial charge in [0.2, 0.25) is 0 Å². The lowest BCUT2D eigenvalue weighted by molar-refractivity contribution is 0.162. The fourth-order valence-electron chi connectivity index (χ4n) is 2.09. The van der Waals surface area contributed by atoms with Crippen molar-refractivity contribution in [1.29, 1.82) is 0 Å². The maximum absolute atomic E-state index is 8.74. The van der Waals surface area contributed by atoms with E-state index in [9.17, 15) is 0 Å². The molecule has 2 heteroatoms. The Morgan fingerprint density at radius 2 is 2.00 bits per heavy atom. The first-order valence-electron chi connectivity index (χ1n) is 5.03. The molecule has 1 saturated carbocycles. The molecule has 0 amide bonds. The first-order valence-corrected chi connectivity index (χ1v) is 5.03. The standard InChI is InChI=1S/C10H21NO/c1-10(5-2-8-12)6-3-9(11)4-7-10/h9,12H,2-8,11H2,1H3. The summed E-state index contributed by atoms with van der Waals surface area (Å²) in [5.74, 6) is 0. The van der Waals surface area contributed by atoms with Gasteiger partial charge in [-0.2, -0.15) is 0 Å². The molecule has 0 unspecified atom stereocenters. The van der Waals surface area contributed by atoms with Crippen LogP contribution in [0.4, 0.5) is 0 Å². The van der Waals surface area contributed by atoms with Crippen LogP contribution in [0.2, 0.25) is 0 Å². The van der Waals surface area contributed by atoms with Crippen LogP contribution in [-0.4, -0.2) is 17.8 Å². The van der Waals surface area contributed by atoms with Gasteiger partial charge in [0, 0.05) is 12.6 Å². The summed E-state index contributed by atoms with van der Waals surface area (Å²) in [6, 6.07) is 0.437. The largest absolute Gasteiger partial charge is 0.396 e. The van der Waals surface area contributed by atoms with Gasteiger partial charge in [-0.15, -0.1) is 0 Å². The van der Waals surface area contributed by atoms with Crippen LogP contribution < -0.4 is 5.73 Å². The predicted molar refractivity (Wildman–Crippen MR) is 50.9 cm³/mol. The van der Waals surface area contributed by atoms with Crippen molar-refractivity contribution >= 4 is 0 Å². The Balaban J connectivity index is 2.29. The minimum absolute atomic E-state index is 0.335. The second-order valence-corrected chi connectivity index (χ2v) is 4.48. The summed E-state index contributed by atoms with van der Waals surface area (Å²) in [7, 11) is 0. The number of aliphatic hydroxyl groups is 1. The lowest BCUT2D eigenvalue weighted by atomic mass is 9.71. The molecule has 0 atom stereocenters. The summed E-state index contributed by atoms with van der Waals surface area (Å²) < 4.78 is 0. The summed E-state index contributed by atoms with van der Waals surface area (Å²) in [5.41, 5.74) is 6.31. The van der Waals surface area contributed by atoms with E-state index in [1.165, 1.54) is 25.7 Å². The molecule has 1 aliphatic carbocycles. The van der Waals surface area contributed by atoms with Gasteiger partial charge in [0.25, 0.3) is 0 Å². The van der Waals surface area contributed by atoms with Gasteiger partial charge >= 0.3 is 0 Å². The fourth-order valence-corrected chi connectivity index (χ4v) is 2.09. The highest BCUT2D eigenvalue weighted by Crippen LogP contribution is 2.38. The fraction of sp³-hybridized carbons (Fsp3) is 1.00. The minimum Gasteiger partial charge on any atom is -0.396 e. The molecule has 0 spiro atoms. The van der Waals surface area contributed by atoms with Crippen LogP contribution in [0.3, 0.4) is 0 Å². The van der Waals surface area contributed by atoms with Gasteiger partial charge in [-0.3, -0.25) is 0 Å². The third-order valence-electron chi connectivity index (χ3n) is 3.18. The topological polar surface area (TPSA) is 46.2 Å². The predicted octanol–water partition coefficient (Wildman–Crippen LogP) is 1.67. The average Bonchev–Trinajstić information content (AvgIpc) is 2.08. The lowest BCUT2D eigenvalue weighted by Crippen LogP contribution is -2.32. The van der Waals surface area contributed by atoms with Crippen LogP contribution in [-0.2, 0) is 0 Å². The molecule has 2 nitrogen and oxygen atoms in total. The van der Waals surface area contributed by atoms with E-state index >= 15 is 0 Å². The van der Waals surface area contributed by atoms with Crippen molar-refractivity contribution in [2.45, 2.75) is 51.5 Å². The van der Waals surface area contributed by atoms with Crippen LogP contribution in [0.1, 0.15) is 45.4 Å². The van der Waals surface area contributed by atoms with Crippen molar-refractivity contribution in [2.24, 2.45) is 11.1 Å². The Kier molecular flexibility index (Phi) is 3.53. The Hall–Kier alpha value is -0.0800. The first-order chi connectivity index (χ1) is 5.66. The maximum atomic E-state index is 8.74. The van der Waals surface area contributed by atoms with Crippen LogP contribution in [0, 0.1) is 5.41 Å². The van der Waals surface area contributed by atoms with Crippen molar-refractivity contribution in [2.75, 3.05) is 6.61 Å². The van der Waals surface area contributed by atoms with Crippen molar-refractivity contribution in [3.8, 4) is 0 Å². The zero-order chi connectivity index (χ0) is 9.03. The number of nitrogens with two attached hydrogens (primary N) is 1. The minimum atomic E-state index is 0.335. The number of hydrogen-bond acceptors (Lipinski definition) is 2. The van der Waals surface area contributed by atoms with E-state index in [0.717, 1.165) is 12.8 Å². The SMILES string of the molecule is CC1(CCCO)CCC(N)CC1. The summed E-state index contributed by atoms with van der Waals surface area (Å²) >= 11 is 0. The lowest BCUT2D eigenvalue weighted by Gasteiger charge is -2.36. The molecular formula is C10H21NO. The zero-order valence-electron chi connectivity index (χ0n) is 8.05. The number of hydrogen-bond donors (Lipinski definition) is 2. The van der Waals surface area contributed by atoms with Crippen molar-refractivity contribution in [3.05, 3.63) is 0 Å². The molecule has 0 aromatic heterocycles. The molecule has 0 aromatic rings. The van der Waals surface area contributed by atoms with Crippen LogP contribution in [0.25, 0.3) is 0 Å². The third kappa shape index (κ3) is 2.76. The van der Waals surface area contributed by atoms with Crippen LogP contribution in [0.15, 0.2) is 0 Å². The normalized spacial score (nSPS) is 36.8. The number of aliphatic hydroxyl groups excluding tert-OH is 1. The molecule has 1 fully saturated rings. The highest BCUT2D eigenvalue weighted by Gasteiger charge is 2.28. The van der Waals surface area contributed by atoms with E-state index in [1.807, 2.05) is 0 Å². The van der Waals surface area contributed by atoms with E-state index in [4.69, 9.17) is 10.8 Å². The highest BCUT2D eigenvalue weighted by atomic mass is 16.2. The Bertz CT molecular complexity index is 122. The Labute approximate surface area is 75.2 Å². The first kappa shape index (κ1) is 10.0. The molecule has 1 rings (SSSR count). The monoisotopic (exact) mass is 171 g/mol. The Morgan fingerprint density at radius 1 is 1.42 bits per heavy atom. The van der Waals surface area contributed by atoms with Gasteiger partial charge in [0.1, 0.15) is 0 Å². The van der Waals surface area contributed by atoms with Crippen molar-refractivity contribution in [1.82, 2.24) is 0 Å². The van der Waals surface area contributed by atoms with Gasteiger partial charge in [-0.05, 0) is 43.9 Å². The van der Waals surface area contributed by atoms with Gasteiger partial charge < -0.3 is 10.8 Å². The molecular weight excluding hydrogens is 150 g/mol. The smallest absolute Gasteiger partial charge is 0.0431 e. The summed E-state index contributed by atoms with van der Waals surface area (Å²) in [6.45, 7) is 2.66. The van der Waals surface area contributed by atoms with Crippen molar-refractivity contribution in [3.63, 3.8) is 0 Å². The molecule has 0 heterocycles. The molecule has 1 aliphatic rings. The summed E-state index contributed by atoms with van der Waals surface area (Å²) in [5, 5.41) is 8.74. The second kappa shape index (κ2) is 4.24. The molecule has 12 heavy (non-hydrogen) atoms. The average molecular weight is 171 g/mol. The van der Waals surface area contributed by atoms with Crippen LogP contribution in [0.5, 0.6) is 0 Å². The van der Waals surface area contributed by atoms with E-state index in [0.29, 0.717) is 18.1 Å². The third-order valence-corrected chi connectivity index (χ3v) is 3.18. The van der Waals surface area contributed by atoms with Gasteiger partial charge in [0.05, 0.1) is 0 Å². The van der Waals surface area contributed by atoms with E-state index in [2.05, 4.69) is 6.92 Å². The quantitative estimate of drug-likeness (QED) is 0.678. The van der Waals surface area contributed by atoms with E-state index in [1.54, 1.807) is 0 Å². The van der Waals surface area contributed by atoms with Gasteiger partial charge in [0.15, 0.2) is 0 Å². The molecule has 0 aromatic carbocycles. The Morgan fingerprint density at radius 3 is 2.50 bits per heavy atom. The number of rotatable bonds is 3. The summed E-state index contributed by atoms with van der Waals surface area (Å²) in [6.07, 6.45) is 6.94. The molecule has 3 N–H and O–H groups in total. The second-order valence-electron chi connectivity index (χ2n) is 4.48. The summed E-state index contributed by atoms with van der Waals surface area (Å²) in [4.78, 5) is 0. The van der Waals surface area contributed by atoms with E-state index in [-0.39, 0.29) is 0 Å². The van der Waals surface area contributed by atoms with Crippen molar-refractivity contribution < 1.29 is 5.11 Å². The molecule has 0 bridgehead atoms. The zero-order valence-corrected chi connectivity index (χ0v) is 8.05. The molecule has 72 valence electrons. The van der Waals surface area contributed by atoms with Crippen LogP contribution >= 0.6 is 0 Å². The van der Waals surface area contributed by atoms with Gasteiger partial charge in [-0.25, -0.2) is 0 Å². The maximum Gasteiger partial charge on any atom is 0.0431 e.